The number of pyridine rings is 1. The van der Waals surface area contributed by atoms with E-state index in [1.54, 1.807) is 12.3 Å². The van der Waals surface area contributed by atoms with Crippen molar-refractivity contribution in [1.29, 1.82) is 0 Å². The second-order valence-electron chi connectivity index (χ2n) is 5.78. The van der Waals surface area contributed by atoms with Crippen LogP contribution in [0, 0.1) is 12.7 Å². The van der Waals surface area contributed by atoms with Crippen LogP contribution in [0.1, 0.15) is 5.56 Å². The Kier molecular flexibility index (Phi) is 4.75. The minimum Gasteiger partial charge on any atom is -0.256 e. The maximum absolute atomic E-state index is 14.3. The molecule has 0 spiro atoms. The van der Waals surface area contributed by atoms with Gasteiger partial charge in [0, 0.05) is 28.1 Å². The molecule has 0 saturated carbocycles. The fraction of sp³-hybridized carbons (Fsp3) is 0.105. The Balaban J connectivity index is 2.16. The Morgan fingerprint density at radius 1 is 1.04 bits per heavy atom. The summed E-state index contributed by atoms with van der Waals surface area (Å²) in [6, 6.07) is 13.7. The maximum atomic E-state index is 14.3. The quantitative estimate of drug-likeness (QED) is 0.597. The van der Waals surface area contributed by atoms with Gasteiger partial charge in [-0.2, -0.15) is 0 Å². The second kappa shape index (κ2) is 6.69. The van der Waals surface area contributed by atoms with Gasteiger partial charge in [-0.3, -0.25) is 4.98 Å². The number of sulfone groups is 1. The third-order valence-corrected chi connectivity index (χ3v) is 5.88. The SMILES string of the molecule is Cc1ccc(-c2cccnc2-c2ccc(S(C)(=O)=O)c(F)c2)cc1Br. The molecule has 128 valence electrons. The minimum atomic E-state index is -3.61. The molecule has 3 aromatic rings. The molecule has 0 amide bonds. The van der Waals surface area contributed by atoms with Gasteiger partial charge in [0.05, 0.1) is 5.69 Å². The van der Waals surface area contributed by atoms with Gasteiger partial charge in [0.25, 0.3) is 0 Å². The molecule has 25 heavy (non-hydrogen) atoms. The van der Waals surface area contributed by atoms with Crippen molar-refractivity contribution < 1.29 is 12.8 Å². The van der Waals surface area contributed by atoms with Crippen molar-refractivity contribution in [3.63, 3.8) is 0 Å². The normalized spacial score (nSPS) is 11.5. The van der Waals surface area contributed by atoms with Gasteiger partial charge in [-0.25, -0.2) is 12.8 Å². The first-order valence-corrected chi connectivity index (χ1v) is 10.2. The topological polar surface area (TPSA) is 47.0 Å². The maximum Gasteiger partial charge on any atom is 0.178 e. The molecule has 0 fully saturated rings. The highest BCUT2D eigenvalue weighted by atomic mass is 79.9. The van der Waals surface area contributed by atoms with Crippen LogP contribution < -0.4 is 0 Å². The summed E-state index contributed by atoms with van der Waals surface area (Å²) in [5, 5.41) is 0. The number of hydrogen-bond acceptors (Lipinski definition) is 3. The van der Waals surface area contributed by atoms with Crippen LogP contribution in [-0.2, 0) is 9.84 Å². The van der Waals surface area contributed by atoms with Crippen LogP contribution in [0.2, 0.25) is 0 Å². The fourth-order valence-electron chi connectivity index (χ4n) is 2.58. The molecule has 2 aromatic carbocycles. The number of benzene rings is 2. The molecular weight excluding hydrogens is 405 g/mol. The molecule has 3 rings (SSSR count). The lowest BCUT2D eigenvalue weighted by Crippen LogP contribution is -2.01. The Hall–Kier alpha value is -2.05. The third kappa shape index (κ3) is 3.65. The van der Waals surface area contributed by atoms with Gasteiger partial charge >= 0.3 is 0 Å². The van der Waals surface area contributed by atoms with Crippen molar-refractivity contribution in [1.82, 2.24) is 4.98 Å². The smallest absolute Gasteiger partial charge is 0.178 e. The van der Waals surface area contributed by atoms with E-state index in [-0.39, 0.29) is 4.90 Å². The molecule has 0 aliphatic carbocycles. The number of aryl methyl sites for hydroxylation is 1. The Labute approximate surface area is 154 Å². The summed E-state index contributed by atoms with van der Waals surface area (Å²) in [7, 11) is -3.61. The molecule has 0 unspecified atom stereocenters. The standard InChI is InChI=1S/C19H15BrFNO2S/c1-12-5-6-13(10-16(12)20)15-4-3-9-22-19(15)14-7-8-18(17(21)11-14)25(2,23)24/h3-11H,1-2H3. The fourth-order valence-corrected chi connectivity index (χ4v) is 3.68. The number of rotatable bonds is 3. The van der Waals surface area contributed by atoms with E-state index in [2.05, 4.69) is 20.9 Å². The second-order valence-corrected chi connectivity index (χ2v) is 8.62. The first-order valence-electron chi connectivity index (χ1n) is 7.49. The highest BCUT2D eigenvalue weighted by Gasteiger charge is 2.16. The zero-order valence-corrected chi connectivity index (χ0v) is 16.0. The highest BCUT2D eigenvalue weighted by Crippen LogP contribution is 2.33. The minimum absolute atomic E-state index is 0.313. The first kappa shape index (κ1) is 17.8. The van der Waals surface area contributed by atoms with E-state index >= 15 is 0 Å². The molecule has 0 aliphatic heterocycles. The molecule has 0 radical (unpaired) electrons. The summed E-state index contributed by atoms with van der Waals surface area (Å²) >= 11 is 3.52. The Bertz CT molecular complexity index is 1060. The van der Waals surface area contributed by atoms with Crippen LogP contribution in [0.5, 0.6) is 0 Å². The predicted octanol–water partition coefficient (Wildman–Crippen LogP) is 5.03. The van der Waals surface area contributed by atoms with Crippen molar-refractivity contribution >= 4 is 25.8 Å². The first-order chi connectivity index (χ1) is 11.8. The molecule has 0 saturated heterocycles. The Morgan fingerprint density at radius 2 is 1.76 bits per heavy atom. The summed E-state index contributed by atoms with van der Waals surface area (Å²) in [6.45, 7) is 2.00. The van der Waals surface area contributed by atoms with Crippen LogP contribution in [0.4, 0.5) is 4.39 Å². The van der Waals surface area contributed by atoms with E-state index in [1.807, 2.05) is 37.3 Å². The summed E-state index contributed by atoms with van der Waals surface area (Å²) < 4.78 is 38.4. The monoisotopic (exact) mass is 419 g/mol. The largest absolute Gasteiger partial charge is 0.256 e. The van der Waals surface area contributed by atoms with E-state index in [4.69, 9.17) is 0 Å². The number of halogens is 2. The molecule has 6 heteroatoms. The summed E-state index contributed by atoms with van der Waals surface area (Å²) in [5.41, 5.74) is 4.01. The van der Waals surface area contributed by atoms with Gasteiger partial charge in [0.15, 0.2) is 9.84 Å². The van der Waals surface area contributed by atoms with Crippen LogP contribution in [-0.4, -0.2) is 19.7 Å². The van der Waals surface area contributed by atoms with Crippen LogP contribution in [0.3, 0.4) is 0 Å². The summed E-state index contributed by atoms with van der Waals surface area (Å²) in [6.07, 6.45) is 2.62. The van der Waals surface area contributed by atoms with Crippen molar-refractivity contribution in [3.8, 4) is 22.4 Å². The van der Waals surface area contributed by atoms with Gasteiger partial charge in [0.1, 0.15) is 10.7 Å². The molecule has 1 aromatic heterocycles. The third-order valence-electron chi connectivity index (χ3n) is 3.90. The predicted molar refractivity (Wildman–Crippen MR) is 101 cm³/mol. The van der Waals surface area contributed by atoms with E-state index in [0.717, 1.165) is 27.4 Å². The summed E-state index contributed by atoms with van der Waals surface area (Å²) in [5.74, 6) is -0.776. The molecule has 1 heterocycles. The highest BCUT2D eigenvalue weighted by molar-refractivity contribution is 9.10. The number of aromatic nitrogens is 1. The average molecular weight is 420 g/mol. The van der Waals surface area contributed by atoms with E-state index in [0.29, 0.717) is 11.3 Å². The van der Waals surface area contributed by atoms with Gasteiger partial charge in [0.2, 0.25) is 0 Å². The van der Waals surface area contributed by atoms with Crippen LogP contribution in [0.25, 0.3) is 22.4 Å². The van der Waals surface area contributed by atoms with Crippen LogP contribution >= 0.6 is 15.9 Å². The van der Waals surface area contributed by atoms with Gasteiger partial charge in [-0.05, 0) is 42.3 Å². The molecule has 0 aliphatic rings. The van der Waals surface area contributed by atoms with E-state index in [1.165, 1.54) is 12.1 Å². The van der Waals surface area contributed by atoms with E-state index in [9.17, 15) is 12.8 Å². The van der Waals surface area contributed by atoms with Gasteiger partial charge in [-0.15, -0.1) is 0 Å². The molecular formula is C19H15BrFNO2S. The molecule has 0 N–H and O–H groups in total. The number of hydrogen-bond donors (Lipinski definition) is 0. The average Bonchev–Trinajstić information content (AvgIpc) is 2.56. The van der Waals surface area contributed by atoms with Crippen molar-refractivity contribution in [2.75, 3.05) is 6.26 Å². The Morgan fingerprint density at radius 3 is 2.40 bits per heavy atom. The number of nitrogens with zero attached hydrogens (tertiary/aromatic N) is 1. The zero-order valence-electron chi connectivity index (χ0n) is 13.6. The van der Waals surface area contributed by atoms with Crippen molar-refractivity contribution in [3.05, 3.63) is 70.6 Å². The van der Waals surface area contributed by atoms with E-state index < -0.39 is 15.7 Å². The van der Waals surface area contributed by atoms with Crippen LogP contribution in [0.15, 0.2) is 64.1 Å². The van der Waals surface area contributed by atoms with Gasteiger partial charge < -0.3 is 0 Å². The summed E-state index contributed by atoms with van der Waals surface area (Å²) in [4.78, 5) is 4.07. The molecule has 0 atom stereocenters. The zero-order chi connectivity index (χ0) is 18.2. The lowest BCUT2D eigenvalue weighted by atomic mass is 9.98. The molecule has 0 bridgehead atoms. The molecule has 3 nitrogen and oxygen atoms in total. The lowest BCUT2D eigenvalue weighted by Gasteiger charge is -2.11. The van der Waals surface area contributed by atoms with Crippen molar-refractivity contribution in [2.24, 2.45) is 0 Å². The van der Waals surface area contributed by atoms with Gasteiger partial charge in [-0.1, -0.05) is 40.2 Å². The lowest BCUT2D eigenvalue weighted by molar-refractivity contribution is 0.571. The van der Waals surface area contributed by atoms with Crippen molar-refractivity contribution in [2.45, 2.75) is 11.8 Å².